The Morgan fingerprint density at radius 3 is 2.73 bits per heavy atom. The maximum atomic E-state index is 12.8. The summed E-state index contributed by atoms with van der Waals surface area (Å²) in [4.78, 5) is 12.8. The van der Waals surface area contributed by atoms with Crippen molar-refractivity contribution in [3.63, 3.8) is 0 Å². The summed E-state index contributed by atoms with van der Waals surface area (Å²) in [5, 5.41) is 9.67. The minimum absolute atomic E-state index is 0.104. The van der Waals surface area contributed by atoms with Gasteiger partial charge in [0, 0.05) is 11.1 Å². The van der Waals surface area contributed by atoms with Gasteiger partial charge in [-0.1, -0.05) is 0 Å². The van der Waals surface area contributed by atoms with E-state index in [1.165, 1.54) is 13.3 Å². The van der Waals surface area contributed by atoms with Crippen LogP contribution in [0.1, 0.15) is 21.6 Å². The molecule has 0 bridgehead atoms. The lowest BCUT2D eigenvalue weighted by atomic mass is 10.0. The Kier molecular flexibility index (Phi) is 3.25. The highest BCUT2D eigenvalue weighted by atomic mass is 16.5. The van der Waals surface area contributed by atoms with Gasteiger partial charge in [0.05, 0.1) is 24.7 Å². The van der Waals surface area contributed by atoms with Crippen molar-refractivity contribution < 1.29 is 14.6 Å². The van der Waals surface area contributed by atoms with Crippen LogP contribution in [0.4, 0.5) is 5.69 Å². The van der Waals surface area contributed by atoms with Gasteiger partial charge in [-0.25, -0.2) is 0 Å². The van der Waals surface area contributed by atoms with Crippen LogP contribution in [0.25, 0.3) is 5.52 Å². The van der Waals surface area contributed by atoms with Gasteiger partial charge in [0.15, 0.2) is 0 Å². The van der Waals surface area contributed by atoms with Gasteiger partial charge in [-0.15, -0.1) is 0 Å². The summed E-state index contributed by atoms with van der Waals surface area (Å²) < 4.78 is 6.86. The van der Waals surface area contributed by atoms with E-state index in [1.54, 1.807) is 34.7 Å². The standard InChI is InChI=1S/C17H16N2O3/c1-10-7-12-4-5-13(20)9-19(12)16(10)17(21)11-3-6-14(18)15(8-11)22-2/h3-9,20H,18H2,1-2H3. The molecule has 5 heteroatoms. The lowest BCUT2D eigenvalue weighted by Gasteiger charge is -2.08. The van der Waals surface area contributed by atoms with E-state index in [2.05, 4.69) is 0 Å². The molecule has 3 rings (SSSR count). The molecule has 0 aliphatic rings. The number of rotatable bonds is 3. The van der Waals surface area contributed by atoms with Gasteiger partial charge in [0.25, 0.3) is 0 Å². The second-order valence-electron chi connectivity index (χ2n) is 5.14. The number of ether oxygens (including phenoxy) is 1. The van der Waals surface area contributed by atoms with Gasteiger partial charge >= 0.3 is 0 Å². The molecular formula is C17H16N2O3. The number of aromatic hydroxyl groups is 1. The summed E-state index contributed by atoms with van der Waals surface area (Å²) in [5.74, 6) is 0.417. The predicted molar refractivity (Wildman–Crippen MR) is 84.6 cm³/mol. The van der Waals surface area contributed by atoms with Crippen molar-refractivity contribution in [1.29, 1.82) is 0 Å². The van der Waals surface area contributed by atoms with E-state index in [0.717, 1.165) is 11.1 Å². The molecule has 3 aromatic rings. The average Bonchev–Trinajstić information content (AvgIpc) is 2.82. The normalized spacial score (nSPS) is 10.8. The van der Waals surface area contributed by atoms with Crippen LogP contribution >= 0.6 is 0 Å². The van der Waals surface area contributed by atoms with E-state index in [1.807, 2.05) is 13.0 Å². The quantitative estimate of drug-likeness (QED) is 0.575. The Labute approximate surface area is 127 Å². The van der Waals surface area contributed by atoms with Crippen LogP contribution in [0, 0.1) is 6.92 Å². The molecule has 0 saturated carbocycles. The number of anilines is 1. The SMILES string of the molecule is COc1cc(C(=O)c2c(C)cc3ccc(O)cn23)ccc1N. The Hall–Kier alpha value is -2.95. The molecule has 0 radical (unpaired) electrons. The van der Waals surface area contributed by atoms with Gasteiger partial charge in [0.1, 0.15) is 11.5 Å². The number of nitrogens with two attached hydrogens (primary N) is 1. The van der Waals surface area contributed by atoms with E-state index in [4.69, 9.17) is 10.5 Å². The zero-order valence-electron chi connectivity index (χ0n) is 12.3. The maximum absolute atomic E-state index is 12.8. The van der Waals surface area contributed by atoms with E-state index >= 15 is 0 Å². The van der Waals surface area contributed by atoms with Crippen molar-refractivity contribution >= 4 is 17.0 Å². The molecule has 5 nitrogen and oxygen atoms in total. The first-order chi connectivity index (χ1) is 10.5. The number of carbonyl (C=O) groups is 1. The Morgan fingerprint density at radius 1 is 1.23 bits per heavy atom. The summed E-state index contributed by atoms with van der Waals surface area (Å²) >= 11 is 0. The molecule has 0 aliphatic heterocycles. The van der Waals surface area contributed by atoms with E-state index in [-0.39, 0.29) is 11.5 Å². The molecule has 0 spiro atoms. The minimum Gasteiger partial charge on any atom is -0.506 e. The number of aryl methyl sites for hydroxylation is 1. The van der Waals surface area contributed by atoms with Crippen molar-refractivity contribution in [2.75, 3.05) is 12.8 Å². The molecule has 22 heavy (non-hydrogen) atoms. The van der Waals surface area contributed by atoms with Crippen LogP contribution in [0.15, 0.2) is 42.6 Å². The van der Waals surface area contributed by atoms with Crippen molar-refractivity contribution in [3.8, 4) is 11.5 Å². The zero-order chi connectivity index (χ0) is 15.9. The fourth-order valence-electron chi connectivity index (χ4n) is 2.57. The third-order valence-electron chi connectivity index (χ3n) is 3.65. The topological polar surface area (TPSA) is 77.0 Å². The highest BCUT2D eigenvalue weighted by Crippen LogP contribution is 2.26. The third kappa shape index (κ3) is 2.16. The molecule has 0 saturated heterocycles. The first kappa shape index (κ1) is 14.0. The molecule has 0 atom stereocenters. The fraction of sp³-hybridized carbons (Fsp3) is 0.118. The van der Waals surface area contributed by atoms with Crippen molar-refractivity contribution in [2.24, 2.45) is 0 Å². The van der Waals surface area contributed by atoms with Crippen LogP contribution in [0.5, 0.6) is 11.5 Å². The van der Waals surface area contributed by atoms with Gasteiger partial charge in [-0.05, 0) is 48.9 Å². The number of nitrogens with zero attached hydrogens (tertiary/aromatic N) is 1. The van der Waals surface area contributed by atoms with Crippen LogP contribution < -0.4 is 10.5 Å². The monoisotopic (exact) mass is 296 g/mol. The second-order valence-corrected chi connectivity index (χ2v) is 5.14. The number of hydrogen-bond acceptors (Lipinski definition) is 4. The number of nitrogen functional groups attached to an aromatic ring is 1. The first-order valence-corrected chi connectivity index (χ1v) is 6.80. The number of fused-ring (bicyclic) bond motifs is 1. The molecule has 0 fully saturated rings. The van der Waals surface area contributed by atoms with Crippen LogP contribution in [-0.2, 0) is 0 Å². The molecule has 2 heterocycles. The number of carbonyl (C=O) groups excluding carboxylic acids is 1. The fourth-order valence-corrected chi connectivity index (χ4v) is 2.57. The third-order valence-corrected chi connectivity index (χ3v) is 3.65. The lowest BCUT2D eigenvalue weighted by Crippen LogP contribution is -2.07. The summed E-state index contributed by atoms with van der Waals surface area (Å²) in [6.07, 6.45) is 1.53. The summed E-state index contributed by atoms with van der Waals surface area (Å²) in [6, 6.07) is 10.2. The predicted octanol–water partition coefficient (Wildman–Crippen LogP) is 2.78. The second kappa shape index (κ2) is 5.11. The van der Waals surface area contributed by atoms with Gasteiger partial charge in [-0.2, -0.15) is 0 Å². The summed E-state index contributed by atoms with van der Waals surface area (Å²) in [7, 11) is 1.51. The highest BCUT2D eigenvalue weighted by molar-refractivity contribution is 6.10. The van der Waals surface area contributed by atoms with E-state index in [9.17, 15) is 9.90 Å². The van der Waals surface area contributed by atoms with Crippen molar-refractivity contribution in [2.45, 2.75) is 6.92 Å². The van der Waals surface area contributed by atoms with Crippen LogP contribution in [-0.4, -0.2) is 22.4 Å². The summed E-state index contributed by atoms with van der Waals surface area (Å²) in [6.45, 7) is 1.87. The molecular weight excluding hydrogens is 280 g/mol. The van der Waals surface area contributed by atoms with E-state index in [0.29, 0.717) is 22.7 Å². The molecule has 2 aromatic heterocycles. The maximum Gasteiger partial charge on any atom is 0.210 e. The number of benzene rings is 1. The highest BCUT2D eigenvalue weighted by Gasteiger charge is 2.18. The lowest BCUT2D eigenvalue weighted by molar-refractivity contribution is 0.103. The minimum atomic E-state index is -0.151. The van der Waals surface area contributed by atoms with E-state index < -0.39 is 0 Å². The number of methoxy groups -OCH3 is 1. The molecule has 112 valence electrons. The number of ketones is 1. The van der Waals surface area contributed by atoms with Gasteiger partial charge in [-0.3, -0.25) is 4.79 Å². The Bertz CT molecular complexity index is 881. The Morgan fingerprint density at radius 2 is 2.00 bits per heavy atom. The molecule has 1 aromatic carbocycles. The number of pyridine rings is 1. The summed E-state index contributed by atoms with van der Waals surface area (Å²) in [5.41, 5.74) is 8.95. The zero-order valence-corrected chi connectivity index (χ0v) is 12.3. The molecule has 0 amide bonds. The molecule has 3 N–H and O–H groups in total. The number of hydrogen-bond donors (Lipinski definition) is 2. The van der Waals surface area contributed by atoms with Crippen LogP contribution in [0.2, 0.25) is 0 Å². The van der Waals surface area contributed by atoms with Gasteiger partial charge < -0.3 is 20.0 Å². The largest absolute Gasteiger partial charge is 0.506 e. The van der Waals surface area contributed by atoms with Gasteiger partial charge in [0.2, 0.25) is 5.78 Å². The first-order valence-electron chi connectivity index (χ1n) is 6.80. The smallest absolute Gasteiger partial charge is 0.210 e. The van der Waals surface area contributed by atoms with Crippen molar-refractivity contribution in [1.82, 2.24) is 4.40 Å². The molecule has 0 aliphatic carbocycles. The van der Waals surface area contributed by atoms with Crippen molar-refractivity contribution in [3.05, 3.63) is 59.4 Å². The number of aromatic nitrogens is 1. The molecule has 0 unspecified atom stereocenters. The average molecular weight is 296 g/mol. The Balaban J connectivity index is 2.16. The van der Waals surface area contributed by atoms with Crippen LogP contribution in [0.3, 0.4) is 0 Å².